The monoisotopic (exact) mass is 230 g/mol. The molecule has 0 aliphatic carbocycles. The van der Waals surface area contributed by atoms with Crippen LogP contribution in [-0.4, -0.2) is 30.1 Å². The second kappa shape index (κ2) is 4.29. The van der Waals surface area contributed by atoms with Gasteiger partial charge in [0.2, 0.25) is 0 Å². The Morgan fingerprint density at radius 3 is 2.76 bits per heavy atom. The largest absolute Gasteiger partial charge is 0.463 e. The molecule has 0 N–H and O–H groups in total. The van der Waals surface area contributed by atoms with Crippen molar-refractivity contribution in [2.45, 2.75) is 5.54 Å². The Morgan fingerprint density at radius 1 is 1.41 bits per heavy atom. The fraction of sp³-hybridized carbons (Fsp3) is 0.167. The van der Waals surface area contributed by atoms with E-state index in [1.165, 1.54) is 19.5 Å². The molecule has 5 nitrogen and oxygen atoms in total. The van der Waals surface area contributed by atoms with E-state index in [1.54, 1.807) is 30.5 Å². The summed E-state index contributed by atoms with van der Waals surface area (Å²) in [5, 5.41) is 0. The molecule has 0 aromatic carbocycles. The van der Waals surface area contributed by atoms with Crippen molar-refractivity contribution in [3.63, 3.8) is 0 Å². The number of nitrogens with zero attached hydrogens (tertiary/aromatic N) is 2. The quantitative estimate of drug-likeness (QED) is 0.565. The topological polar surface area (TPSA) is 68.6 Å². The third-order valence-corrected chi connectivity index (χ3v) is 2.52. The van der Waals surface area contributed by atoms with Gasteiger partial charge in [-0.1, -0.05) is 6.07 Å². The fourth-order valence-corrected chi connectivity index (χ4v) is 1.66. The van der Waals surface area contributed by atoms with Crippen molar-refractivity contribution >= 4 is 18.0 Å². The standard InChI is InChI=1S/C12H10N2O3/c1-17-11(16)10(15)12(5-3-7-14-12)9-4-2-6-13-8-9/h2-8H,1H3. The first-order valence-electron chi connectivity index (χ1n) is 4.97. The van der Waals surface area contributed by atoms with Crippen molar-refractivity contribution in [3.8, 4) is 0 Å². The lowest BCUT2D eigenvalue weighted by Gasteiger charge is -2.21. The van der Waals surface area contributed by atoms with E-state index in [1.807, 2.05) is 0 Å². The van der Waals surface area contributed by atoms with Gasteiger partial charge in [-0.25, -0.2) is 4.79 Å². The Labute approximate surface area is 97.8 Å². The number of hydrogen-bond acceptors (Lipinski definition) is 5. The molecule has 86 valence electrons. The average molecular weight is 230 g/mol. The second-order valence-corrected chi connectivity index (χ2v) is 3.47. The zero-order valence-electron chi connectivity index (χ0n) is 9.16. The van der Waals surface area contributed by atoms with Gasteiger partial charge in [-0.15, -0.1) is 0 Å². The molecule has 17 heavy (non-hydrogen) atoms. The molecule has 0 amide bonds. The number of ketones is 1. The van der Waals surface area contributed by atoms with Crippen LogP contribution in [0.2, 0.25) is 0 Å². The number of pyridine rings is 1. The third kappa shape index (κ3) is 1.75. The number of ether oxygens (including phenoxy) is 1. The molecule has 2 heterocycles. The highest BCUT2D eigenvalue weighted by Gasteiger charge is 2.43. The zero-order chi connectivity index (χ0) is 12.3. The van der Waals surface area contributed by atoms with E-state index >= 15 is 0 Å². The van der Waals surface area contributed by atoms with E-state index in [4.69, 9.17) is 0 Å². The van der Waals surface area contributed by atoms with Gasteiger partial charge in [0.05, 0.1) is 7.11 Å². The Hall–Kier alpha value is -2.30. The van der Waals surface area contributed by atoms with Crippen LogP contribution < -0.4 is 0 Å². The van der Waals surface area contributed by atoms with Gasteiger partial charge in [0.25, 0.3) is 5.78 Å². The summed E-state index contributed by atoms with van der Waals surface area (Å²) in [4.78, 5) is 31.4. The fourth-order valence-electron chi connectivity index (χ4n) is 1.66. The second-order valence-electron chi connectivity index (χ2n) is 3.47. The summed E-state index contributed by atoms with van der Waals surface area (Å²) in [7, 11) is 1.17. The molecular weight excluding hydrogens is 220 g/mol. The molecule has 0 radical (unpaired) electrons. The van der Waals surface area contributed by atoms with Crippen LogP contribution in [0.25, 0.3) is 0 Å². The SMILES string of the molecule is COC(=O)C(=O)C1(c2cccnc2)C=CC=N1. The molecule has 1 atom stereocenters. The molecule has 0 saturated heterocycles. The minimum Gasteiger partial charge on any atom is -0.463 e. The van der Waals surface area contributed by atoms with Crippen molar-refractivity contribution in [1.29, 1.82) is 0 Å². The molecule has 1 aliphatic heterocycles. The maximum Gasteiger partial charge on any atom is 0.377 e. The summed E-state index contributed by atoms with van der Waals surface area (Å²) >= 11 is 0. The highest BCUT2D eigenvalue weighted by molar-refractivity contribution is 6.38. The van der Waals surface area contributed by atoms with E-state index in [9.17, 15) is 9.59 Å². The predicted octanol–water partition coefficient (Wildman–Crippen LogP) is 0.660. The minimum atomic E-state index is -1.32. The molecule has 0 spiro atoms. The summed E-state index contributed by atoms with van der Waals surface area (Å²) in [5.74, 6) is -1.64. The molecule has 5 heteroatoms. The maximum absolute atomic E-state index is 12.0. The lowest BCUT2D eigenvalue weighted by molar-refractivity contribution is -0.153. The Balaban J connectivity index is 2.49. The lowest BCUT2D eigenvalue weighted by atomic mass is 9.88. The van der Waals surface area contributed by atoms with Gasteiger partial charge in [-0.2, -0.15) is 0 Å². The van der Waals surface area contributed by atoms with Crippen LogP contribution in [0, 0.1) is 0 Å². The number of allylic oxidation sites excluding steroid dienone is 1. The van der Waals surface area contributed by atoms with Crippen molar-refractivity contribution < 1.29 is 14.3 Å². The van der Waals surface area contributed by atoms with Crippen molar-refractivity contribution in [2.75, 3.05) is 7.11 Å². The predicted molar refractivity (Wildman–Crippen MR) is 60.6 cm³/mol. The normalized spacial score (nSPS) is 21.5. The maximum atomic E-state index is 12.0. The highest BCUT2D eigenvalue weighted by Crippen LogP contribution is 2.31. The van der Waals surface area contributed by atoms with Gasteiger partial charge in [0.15, 0.2) is 5.54 Å². The highest BCUT2D eigenvalue weighted by atomic mass is 16.5. The number of methoxy groups -OCH3 is 1. The van der Waals surface area contributed by atoms with Gasteiger partial charge < -0.3 is 4.74 Å². The van der Waals surface area contributed by atoms with Crippen molar-refractivity contribution in [2.24, 2.45) is 4.99 Å². The summed E-state index contributed by atoms with van der Waals surface area (Å²) in [6, 6.07) is 3.38. The molecule has 1 unspecified atom stereocenters. The van der Waals surface area contributed by atoms with Crippen LogP contribution in [0.5, 0.6) is 0 Å². The summed E-state index contributed by atoms with van der Waals surface area (Å²) in [5.41, 5.74) is -0.776. The number of rotatable bonds is 3. The molecule has 0 bridgehead atoms. The van der Waals surface area contributed by atoms with Crippen molar-refractivity contribution in [1.82, 2.24) is 4.98 Å². The minimum absolute atomic E-state index is 0.542. The van der Waals surface area contributed by atoms with Crippen LogP contribution in [0.1, 0.15) is 5.56 Å². The number of esters is 1. The van der Waals surface area contributed by atoms with E-state index in [2.05, 4.69) is 14.7 Å². The van der Waals surface area contributed by atoms with Crippen LogP contribution in [0.3, 0.4) is 0 Å². The van der Waals surface area contributed by atoms with Gasteiger partial charge >= 0.3 is 5.97 Å². The number of hydrogen-bond donors (Lipinski definition) is 0. The Bertz CT molecular complexity index is 494. The van der Waals surface area contributed by atoms with E-state index in [0.717, 1.165) is 0 Å². The summed E-state index contributed by atoms with van der Waals surface area (Å²) in [6.07, 6.45) is 7.75. The number of aliphatic imine (C=N–C) groups is 1. The van der Waals surface area contributed by atoms with Gasteiger partial charge in [0, 0.05) is 24.2 Å². The smallest absolute Gasteiger partial charge is 0.377 e. The average Bonchev–Trinajstić information content (AvgIpc) is 2.88. The first-order chi connectivity index (χ1) is 8.20. The number of carbonyl (C=O) groups excluding carboxylic acids is 2. The lowest BCUT2D eigenvalue weighted by Crippen LogP contribution is -2.37. The molecule has 1 aromatic rings. The first kappa shape index (κ1) is 11.2. The molecule has 0 saturated carbocycles. The first-order valence-corrected chi connectivity index (χ1v) is 4.97. The van der Waals surface area contributed by atoms with Gasteiger partial charge in [-0.3, -0.25) is 14.8 Å². The third-order valence-electron chi connectivity index (χ3n) is 2.52. The molecule has 1 aromatic heterocycles. The molecule has 2 rings (SSSR count). The number of aromatic nitrogens is 1. The summed E-state index contributed by atoms with van der Waals surface area (Å²) in [6.45, 7) is 0. The van der Waals surface area contributed by atoms with Crippen LogP contribution in [0.4, 0.5) is 0 Å². The van der Waals surface area contributed by atoms with Crippen LogP contribution in [0.15, 0.2) is 41.7 Å². The number of carbonyl (C=O) groups is 2. The van der Waals surface area contributed by atoms with E-state index in [-0.39, 0.29) is 0 Å². The van der Waals surface area contributed by atoms with E-state index < -0.39 is 17.3 Å². The van der Waals surface area contributed by atoms with Gasteiger partial charge in [-0.05, 0) is 18.2 Å². The number of Topliss-reactive ketones (excluding diaryl/α,β-unsaturated/α-hetero) is 1. The van der Waals surface area contributed by atoms with Gasteiger partial charge in [0.1, 0.15) is 0 Å². The molecule has 1 aliphatic rings. The molecule has 0 fully saturated rings. The Morgan fingerprint density at radius 2 is 2.24 bits per heavy atom. The summed E-state index contributed by atoms with van der Waals surface area (Å²) < 4.78 is 4.45. The van der Waals surface area contributed by atoms with E-state index in [0.29, 0.717) is 5.56 Å². The Kier molecular flexibility index (Phi) is 2.82. The molecular formula is C12H10N2O3. The van der Waals surface area contributed by atoms with Crippen molar-refractivity contribution in [3.05, 3.63) is 42.2 Å². The van der Waals surface area contributed by atoms with Crippen LogP contribution in [-0.2, 0) is 19.9 Å². The zero-order valence-corrected chi connectivity index (χ0v) is 9.16. The van der Waals surface area contributed by atoms with Crippen LogP contribution >= 0.6 is 0 Å².